The number of carboxylic acid groups (broad SMARTS) is 1. The van der Waals surface area contributed by atoms with E-state index in [1.807, 2.05) is 6.92 Å². The largest absolute Gasteiger partial charge is 0.478 e. The van der Waals surface area contributed by atoms with Crippen molar-refractivity contribution in [1.29, 1.82) is 5.26 Å². The van der Waals surface area contributed by atoms with Gasteiger partial charge < -0.3 is 5.11 Å². The second kappa shape index (κ2) is 8.20. The van der Waals surface area contributed by atoms with Gasteiger partial charge in [-0.3, -0.25) is 0 Å². The first-order chi connectivity index (χ1) is 12.0. The van der Waals surface area contributed by atoms with Crippen molar-refractivity contribution in [3.63, 3.8) is 0 Å². The van der Waals surface area contributed by atoms with Crippen LogP contribution in [-0.2, 0) is 0 Å². The Morgan fingerprint density at radius 2 is 1.92 bits per heavy atom. The number of carbonyl (C=O) groups is 1. The van der Waals surface area contributed by atoms with E-state index in [0.717, 1.165) is 18.9 Å². The highest BCUT2D eigenvalue weighted by molar-refractivity contribution is 5.96. The quantitative estimate of drug-likeness (QED) is 0.699. The predicted molar refractivity (Wildman–Crippen MR) is 92.1 cm³/mol. The number of allylic oxidation sites excluding steroid dienone is 1. The molecule has 128 valence electrons. The van der Waals surface area contributed by atoms with Crippen molar-refractivity contribution >= 4 is 11.8 Å². The smallest absolute Gasteiger partial charge is 0.336 e. The Labute approximate surface area is 144 Å². The molecule has 25 heavy (non-hydrogen) atoms. The number of hydrogen-bond donors (Lipinski definition) is 1. The first-order valence-corrected chi connectivity index (χ1v) is 7.92. The van der Waals surface area contributed by atoms with Crippen LogP contribution in [0.3, 0.4) is 0 Å². The lowest BCUT2D eigenvalue weighted by Gasteiger charge is -2.10. The Hall–Kier alpha value is -3.00. The summed E-state index contributed by atoms with van der Waals surface area (Å²) in [6, 6.07) is 9.86. The van der Waals surface area contributed by atoms with E-state index < -0.39 is 11.8 Å². The molecule has 0 atom stereocenters. The number of hydrogen-bond acceptors (Lipinski definition) is 2. The molecule has 0 bridgehead atoms. The predicted octanol–water partition coefficient (Wildman–Crippen LogP) is 5.56. The van der Waals surface area contributed by atoms with E-state index in [1.54, 1.807) is 6.07 Å². The van der Waals surface area contributed by atoms with E-state index in [4.69, 9.17) is 5.26 Å². The Bertz CT molecular complexity index is 849. The van der Waals surface area contributed by atoms with Crippen LogP contribution in [0.2, 0.25) is 0 Å². The number of unbranched alkanes of at least 4 members (excludes halogenated alkanes) is 2. The van der Waals surface area contributed by atoms with Gasteiger partial charge in [0.05, 0.1) is 11.1 Å². The topological polar surface area (TPSA) is 61.1 Å². The minimum atomic E-state index is -1.30. The van der Waals surface area contributed by atoms with E-state index in [1.165, 1.54) is 36.4 Å². The molecule has 3 nitrogen and oxygen atoms in total. The van der Waals surface area contributed by atoms with E-state index in [-0.39, 0.29) is 28.1 Å². The number of nitrogens with zero attached hydrogens (tertiary/aromatic N) is 1. The van der Waals surface area contributed by atoms with Gasteiger partial charge in [-0.25, -0.2) is 13.6 Å². The lowest BCUT2D eigenvalue weighted by Crippen LogP contribution is -2.03. The molecule has 2 aromatic carbocycles. The summed E-state index contributed by atoms with van der Waals surface area (Å²) in [4.78, 5) is 11.4. The number of halogens is 2. The summed E-state index contributed by atoms with van der Waals surface area (Å²) in [6.07, 6.45) is 3.99. The minimum Gasteiger partial charge on any atom is -0.478 e. The Kier molecular flexibility index (Phi) is 6.02. The zero-order chi connectivity index (χ0) is 18.4. The summed E-state index contributed by atoms with van der Waals surface area (Å²) in [6.45, 7) is 2.02. The van der Waals surface area contributed by atoms with Crippen molar-refractivity contribution in [3.8, 4) is 17.2 Å². The molecule has 1 N–H and O–H groups in total. The molecule has 0 heterocycles. The highest BCUT2D eigenvalue weighted by atomic mass is 19.1. The molecule has 0 aliphatic carbocycles. The van der Waals surface area contributed by atoms with E-state index in [0.29, 0.717) is 12.0 Å². The molecule has 2 rings (SSSR count). The molecule has 0 aliphatic rings. The van der Waals surface area contributed by atoms with Crippen LogP contribution >= 0.6 is 0 Å². The molecular formula is C20H17F2NO2. The summed E-state index contributed by atoms with van der Waals surface area (Å²) >= 11 is 0. The van der Waals surface area contributed by atoms with E-state index in [9.17, 15) is 18.7 Å². The van der Waals surface area contributed by atoms with Crippen molar-refractivity contribution < 1.29 is 18.7 Å². The van der Waals surface area contributed by atoms with Gasteiger partial charge >= 0.3 is 5.97 Å². The van der Waals surface area contributed by atoms with Gasteiger partial charge in [-0.05, 0) is 36.6 Å². The van der Waals surface area contributed by atoms with Crippen molar-refractivity contribution in [1.82, 2.24) is 0 Å². The fraction of sp³-hybridized carbons (Fsp3) is 0.200. The van der Waals surface area contributed by atoms with Crippen LogP contribution in [0.15, 0.2) is 42.5 Å². The third-order valence-corrected chi connectivity index (χ3v) is 3.82. The van der Waals surface area contributed by atoms with Crippen LogP contribution in [0.1, 0.15) is 47.7 Å². The van der Waals surface area contributed by atoms with Gasteiger partial charge in [0.2, 0.25) is 0 Å². The summed E-state index contributed by atoms with van der Waals surface area (Å²) < 4.78 is 28.5. The summed E-state index contributed by atoms with van der Waals surface area (Å²) in [5.74, 6) is -2.56. The van der Waals surface area contributed by atoms with Crippen LogP contribution in [0.5, 0.6) is 0 Å². The third kappa shape index (κ3) is 4.10. The van der Waals surface area contributed by atoms with Crippen LogP contribution < -0.4 is 0 Å². The van der Waals surface area contributed by atoms with Gasteiger partial charge in [-0.1, -0.05) is 37.6 Å². The monoisotopic (exact) mass is 341 g/mol. The zero-order valence-electron chi connectivity index (χ0n) is 13.7. The van der Waals surface area contributed by atoms with Gasteiger partial charge in [0.1, 0.15) is 17.7 Å². The fourth-order valence-electron chi connectivity index (χ4n) is 2.47. The molecule has 0 saturated carbocycles. The minimum absolute atomic E-state index is 0.173. The van der Waals surface area contributed by atoms with Gasteiger partial charge in [0.25, 0.3) is 0 Å². The highest BCUT2D eigenvalue weighted by Crippen LogP contribution is 2.30. The lowest BCUT2D eigenvalue weighted by atomic mass is 9.95. The average molecular weight is 341 g/mol. The number of rotatable bonds is 6. The third-order valence-electron chi connectivity index (χ3n) is 3.82. The van der Waals surface area contributed by atoms with E-state index in [2.05, 4.69) is 0 Å². The molecule has 0 spiro atoms. The Balaban J connectivity index is 2.45. The molecule has 0 aliphatic heterocycles. The van der Waals surface area contributed by atoms with Crippen LogP contribution in [-0.4, -0.2) is 11.1 Å². The fourth-order valence-corrected chi connectivity index (χ4v) is 2.47. The summed E-state index contributed by atoms with van der Waals surface area (Å²) in [7, 11) is 0. The Morgan fingerprint density at radius 1 is 1.24 bits per heavy atom. The molecule has 0 saturated heterocycles. The molecule has 0 fully saturated rings. The maximum atomic E-state index is 14.5. The van der Waals surface area contributed by atoms with Crippen LogP contribution in [0.4, 0.5) is 8.78 Å². The van der Waals surface area contributed by atoms with Crippen LogP contribution in [0.25, 0.3) is 17.0 Å². The summed E-state index contributed by atoms with van der Waals surface area (Å²) in [5.41, 5.74) is -0.0444. The Morgan fingerprint density at radius 3 is 2.48 bits per heavy atom. The van der Waals surface area contributed by atoms with Gasteiger partial charge in [0, 0.05) is 11.1 Å². The second-order valence-corrected chi connectivity index (χ2v) is 5.54. The van der Waals surface area contributed by atoms with Gasteiger partial charge in [-0.2, -0.15) is 5.26 Å². The normalized spacial score (nSPS) is 11.2. The zero-order valence-corrected chi connectivity index (χ0v) is 13.7. The number of benzene rings is 2. The van der Waals surface area contributed by atoms with Crippen molar-refractivity contribution in [2.45, 2.75) is 26.2 Å². The van der Waals surface area contributed by atoms with Crippen molar-refractivity contribution in [2.24, 2.45) is 0 Å². The van der Waals surface area contributed by atoms with Gasteiger partial charge in [-0.15, -0.1) is 0 Å². The van der Waals surface area contributed by atoms with Crippen LogP contribution in [0, 0.1) is 17.1 Å². The number of carboxylic acids is 1. The molecular weight excluding hydrogens is 324 g/mol. The molecule has 0 amide bonds. The lowest BCUT2D eigenvalue weighted by molar-refractivity contribution is 0.0697. The standard InChI is InChI=1S/C20H17F2NO2/c1-2-3-4-5-17(21)13-6-8-14(9-7-13)18-16(20(24)25)11-10-15(12-23)19(18)22/h5-11H,2-4H2,1H3,(H,24,25). The molecule has 5 heteroatoms. The maximum Gasteiger partial charge on any atom is 0.336 e. The highest BCUT2D eigenvalue weighted by Gasteiger charge is 2.19. The molecule has 2 aromatic rings. The molecule has 0 aromatic heterocycles. The van der Waals surface area contributed by atoms with Crippen molar-refractivity contribution in [2.75, 3.05) is 0 Å². The van der Waals surface area contributed by atoms with E-state index >= 15 is 0 Å². The van der Waals surface area contributed by atoms with Gasteiger partial charge in [0.15, 0.2) is 0 Å². The van der Waals surface area contributed by atoms with Crippen molar-refractivity contribution in [3.05, 3.63) is 65.0 Å². The summed E-state index contributed by atoms with van der Waals surface area (Å²) in [5, 5.41) is 18.2. The average Bonchev–Trinajstić information content (AvgIpc) is 2.61. The molecule has 0 unspecified atom stereocenters. The first kappa shape index (κ1) is 18.3. The molecule has 0 radical (unpaired) electrons. The number of aromatic carboxylic acids is 1. The SMILES string of the molecule is CCCCC=C(F)c1ccc(-c2c(C(=O)O)ccc(C#N)c2F)cc1. The number of nitriles is 1. The first-order valence-electron chi connectivity index (χ1n) is 7.92. The maximum absolute atomic E-state index is 14.5. The second-order valence-electron chi connectivity index (χ2n) is 5.54.